The second-order valence-corrected chi connectivity index (χ2v) is 15.1. The van der Waals surface area contributed by atoms with Crippen LogP contribution in [0, 0.1) is 0 Å². The highest BCUT2D eigenvalue weighted by atomic mass is 16.6. The maximum atomic E-state index is 12.3. The van der Waals surface area contributed by atoms with Crippen molar-refractivity contribution in [2.24, 2.45) is 12.8 Å². The SMILES string of the molecule is CCCCCCCCCCCCCCCCN(CCCCCCCCCCCCCCCC)CCOCCOC(=O)C(N)Cc1cncn1C. The van der Waals surface area contributed by atoms with Crippen molar-refractivity contribution in [2.75, 3.05) is 39.5 Å². The van der Waals surface area contributed by atoms with Gasteiger partial charge in [-0.2, -0.15) is 0 Å². The van der Waals surface area contributed by atoms with Crippen LogP contribution in [0.5, 0.6) is 0 Å². The van der Waals surface area contributed by atoms with Crippen molar-refractivity contribution in [3.05, 3.63) is 18.2 Å². The molecule has 1 aromatic rings. The number of unbranched alkanes of at least 4 members (excludes halogenated alkanes) is 26. The Labute approximate surface area is 310 Å². The molecule has 294 valence electrons. The molecule has 0 spiro atoms. The Morgan fingerprint density at radius 2 is 1.02 bits per heavy atom. The van der Waals surface area contributed by atoms with E-state index in [2.05, 4.69) is 23.7 Å². The number of nitrogens with two attached hydrogens (primary N) is 1. The van der Waals surface area contributed by atoms with Crippen LogP contribution in [0.2, 0.25) is 0 Å². The number of hydrogen-bond donors (Lipinski definition) is 1. The van der Waals surface area contributed by atoms with Crippen LogP contribution < -0.4 is 5.73 Å². The van der Waals surface area contributed by atoms with Crippen LogP contribution in [0.4, 0.5) is 0 Å². The van der Waals surface area contributed by atoms with Gasteiger partial charge in [-0.1, -0.05) is 181 Å². The number of aromatic nitrogens is 2. The van der Waals surface area contributed by atoms with Gasteiger partial charge in [0.15, 0.2) is 0 Å². The third-order valence-electron chi connectivity index (χ3n) is 10.3. The summed E-state index contributed by atoms with van der Waals surface area (Å²) in [5.41, 5.74) is 6.97. The molecule has 0 saturated carbocycles. The standard InChI is InChI=1S/C43H84N4O3/c1-4-6-8-10-12-14-16-18-20-22-24-26-28-30-32-47(33-31-29-27-25-23-21-19-17-15-13-11-9-7-5-2)34-35-49-36-37-50-43(48)42(44)38-41-39-45-40-46(41)3/h39-40,42H,4-38,44H2,1-3H3. The first-order chi connectivity index (χ1) is 24.6. The number of ether oxygens (including phenoxy) is 2. The zero-order valence-corrected chi connectivity index (χ0v) is 33.6. The van der Waals surface area contributed by atoms with Crippen LogP contribution in [0.1, 0.15) is 199 Å². The van der Waals surface area contributed by atoms with Crippen molar-refractivity contribution >= 4 is 5.97 Å². The fraction of sp³-hybridized carbons (Fsp3) is 0.907. The van der Waals surface area contributed by atoms with E-state index in [1.807, 2.05) is 11.6 Å². The van der Waals surface area contributed by atoms with Gasteiger partial charge >= 0.3 is 5.97 Å². The molecule has 1 heterocycles. The molecule has 0 radical (unpaired) electrons. The van der Waals surface area contributed by atoms with Gasteiger partial charge in [0.1, 0.15) is 12.6 Å². The number of rotatable bonds is 39. The van der Waals surface area contributed by atoms with E-state index < -0.39 is 6.04 Å². The molecule has 0 saturated heterocycles. The minimum atomic E-state index is -0.684. The van der Waals surface area contributed by atoms with E-state index in [1.165, 1.54) is 180 Å². The van der Waals surface area contributed by atoms with Crippen LogP contribution >= 0.6 is 0 Å². The third kappa shape index (κ3) is 29.2. The predicted molar refractivity (Wildman–Crippen MR) is 214 cm³/mol. The predicted octanol–water partition coefficient (Wildman–Crippen LogP) is 11.1. The van der Waals surface area contributed by atoms with Gasteiger partial charge in [0.2, 0.25) is 0 Å². The number of nitrogens with zero attached hydrogens (tertiary/aromatic N) is 3. The topological polar surface area (TPSA) is 82.6 Å². The van der Waals surface area contributed by atoms with Crippen LogP contribution in [0.25, 0.3) is 0 Å². The van der Waals surface area contributed by atoms with Crippen molar-refractivity contribution in [3.63, 3.8) is 0 Å². The molecule has 2 N–H and O–H groups in total. The van der Waals surface area contributed by atoms with E-state index in [4.69, 9.17) is 15.2 Å². The molecule has 1 aromatic heterocycles. The Morgan fingerprint density at radius 1 is 0.620 bits per heavy atom. The molecule has 0 fully saturated rings. The van der Waals surface area contributed by atoms with Crippen molar-refractivity contribution < 1.29 is 14.3 Å². The molecule has 0 amide bonds. The average molecular weight is 705 g/mol. The first-order valence-electron chi connectivity index (χ1n) is 21.8. The number of aryl methyl sites for hydroxylation is 1. The van der Waals surface area contributed by atoms with Crippen molar-refractivity contribution in [1.82, 2.24) is 14.5 Å². The van der Waals surface area contributed by atoms with E-state index in [0.717, 1.165) is 25.3 Å². The summed E-state index contributed by atoms with van der Waals surface area (Å²) in [7, 11) is 1.90. The largest absolute Gasteiger partial charge is 0.462 e. The number of carbonyl (C=O) groups excluding carboxylic acids is 1. The molecule has 1 atom stereocenters. The third-order valence-corrected chi connectivity index (χ3v) is 10.3. The molecule has 0 aliphatic heterocycles. The summed E-state index contributed by atoms with van der Waals surface area (Å²) in [5, 5.41) is 0. The summed E-state index contributed by atoms with van der Waals surface area (Å²) < 4.78 is 13.1. The normalized spacial score (nSPS) is 12.3. The van der Waals surface area contributed by atoms with Gasteiger partial charge in [-0.05, 0) is 25.9 Å². The molecule has 1 rings (SSSR count). The van der Waals surface area contributed by atoms with E-state index in [1.54, 1.807) is 12.5 Å². The maximum absolute atomic E-state index is 12.3. The smallest absolute Gasteiger partial charge is 0.323 e. The molecule has 0 aliphatic carbocycles. The first-order valence-corrected chi connectivity index (χ1v) is 21.8. The summed E-state index contributed by atoms with van der Waals surface area (Å²) in [6.07, 6.45) is 43.0. The fourth-order valence-corrected chi connectivity index (χ4v) is 6.89. The molecule has 50 heavy (non-hydrogen) atoms. The summed E-state index contributed by atoms with van der Waals surface area (Å²) >= 11 is 0. The van der Waals surface area contributed by atoms with Gasteiger partial charge in [0.05, 0.1) is 19.5 Å². The molecule has 7 nitrogen and oxygen atoms in total. The molecular formula is C43H84N4O3. The molecule has 1 unspecified atom stereocenters. The molecule has 0 aliphatic rings. The van der Waals surface area contributed by atoms with Gasteiger partial charge < -0.3 is 24.7 Å². The Morgan fingerprint density at radius 3 is 1.40 bits per heavy atom. The lowest BCUT2D eigenvalue weighted by molar-refractivity contribution is -0.146. The van der Waals surface area contributed by atoms with Gasteiger partial charge in [-0.25, -0.2) is 4.98 Å². The number of imidazole rings is 1. The highest BCUT2D eigenvalue weighted by molar-refractivity contribution is 5.75. The number of esters is 1. The van der Waals surface area contributed by atoms with Crippen LogP contribution in [-0.2, 0) is 27.7 Å². The zero-order chi connectivity index (χ0) is 36.2. The minimum Gasteiger partial charge on any atom is -0.462 e. The Bertz CT molecular complexity index is 816. The lowest BCUT2D eigenvalue weighted by atomic mass is 10.0. The molecule has 0 aromatic carbocycles. The van der Waals surface area contributed by atoms with Gasteiger partial charge in [0.25, 0.3) is 0 Å². The lowest BCUT2D eigenvalue weighted by Gasteiger charge is -2.22. The van der Waals surface area contributed by atoms with Gasteiger partial charge in [-0.15, -0.1) is 0 Å². The molecular weight excluding hydrogens is 620 g/mol. The quantitative estimate of drug-likeness (QED) is 0.0542. The van der Waals surface area contributed by atoms with Crippen LogP contribution in [0.15, 0.2) is 12.5 Å². The van der Waals surface area contributed by atoms with Crippen molar-refractivity contribution in [2.45, 2.75) is 206 Å². The zero-order valence-electron chi connectivity index (χ0n) is 33.6. The fourth-order valence-electron chi connectivity index (χ4n) is 6.89. The summed E-state index contributed by atoms with van der Waals surface area (Å²) in [6.45, 7) is 9.20. The van der Waals surface area contributed by atoms with E-state index in [-0.39, 0.29) is 12.6 Å². The van der Waals surface area contributed by atoms with Crippen LogP contribution in [-0.4, -0.2) is 65.9 Å². The van der Waals surface area contributed by atoms with Gasteiger partial charge in [-0.3, -0.25) is 4.79 Å². The Hall–Kier alpha value is -1.44. The minimum absolute atomic E-state index is 0.246. The molecule has 7 heteroatoms. The lowest BCUT2D eigenvalue weighted by Crippen LogP contribution is -2.35. The number of hydrogen-bond acceptors (Lipinski definition) is 6. The monoisotopic (exact) mass is 705 g/mol. The summed E-state index contributed by atoms with van der Waals surface area (Å²) in [4.78, 5) is 19.0. The Balaban J connectivity index is 2.17. The summed E-state index contributed by atoms with van der Waals surface area (Å²) in [6, 6.07) is -0.684. The second-order valence-electron chi connectivity index (χ2n) is 15.1. The number of carbonyl (C=O) groups is 1. The Kier molecular flexibility index (Phi) is 33.5. The van der Waals surface area contributed by atoms with Gasteiger partial charge in [0, 0.05) is 31.9 Å². The second kappa shape index (κ2) is 35.9. The molecule has 0 bridgehead atoms. The van der Waals surface area contributed by atoms with E-state index >= 15 is 0 Å². The average Bonchev–Trinajstić information content (AvgIpc) is 3.52. The van der Waals surface area contributed by atoms with E-state index in [0.29, 0.717) is 19.6 Å². The highest BCUT2D eigenvalue weighted by Gasteiger charge is 2.17. The maximum Gasteiger partial charge on any atom is 0.323 e. The summed E-state index contributed by atoms with van der Waals surface area (Å²) in [5.74, 6) is -0.382. The van der Waals surface area contributed by atoms with E-state index in [9.17, 15) is 4.79 Å². The van der Waals surface area contributed by atoms with Crippen LogP contribution in [0.3, 0.4) is 0 Å². The van der Waals surface area contributed by atoms with Crippen molar-refractivity contribution in [3.8, 4) is 0 Å². The van der Waals surface area contributed by atoms with Crippen molar-refractivity contribution in [1.29, 1.82) is 0 Å². The first kappa shape index (κ1) is 46.6. The highest BCUT2D eigenvalue weighted by Crippen LogP contribution is 2.15.